The number of hydrazine groups is 1. The standard InChI is InChI=1S/C39H61N3O.C2H6/c1-6-9-20-30-42(40-5)39(32-35(8-3)23-10-7-2)34(4)22-17-14-12-11-13-15-21-31-43-38-28-26-37(27-29-38)41-33-36-24-18-16-19-25-36;1-2/h7-8,10,18,23-29,39-41H,2,4,6,9,11-17,19-22,30-33H2,1,3,5H3;1-2H3/b23-10-,35-8+;. The molecule has 1 aromatic carbocycles. The van der Waals surface area contributed by atoms with Crippen molar-refractivity contribution in [3.8, 4) is 5.75 Å². The summed E-state index contributed by atoms with van der Waals surface area (Å²) in [6, 6.07) is 8.68. The van der Waals surface area contributed by atoms with Crippen LogP contribution in [-0.4, -0.2) is 37.8 Å². The molecule has 0 bridgehead atoms. The smallest absolute Gasteiger partial charge is 0.119 e. The first-order chi connectivity index (χ1) is 22.1. The van der Waals surface area contributed by atoms with Gasteiger partial charge in [-0.05, 0) is 88.8 Å². The summed E-state index contributed by atoms with van der Waals surface area (Å²) in [6.07, 6.45) is 31.9. The zero-order chi connectivity index (χ0) is 33.0. The summed E-state index contributed by atoms with van der Waals surface area (Å²) >= 11 is 0. The second kappa shape index (κ2) is 27.5. The molecule has 2 rings (SSSR count). The van der Waals surface area contributed by atoms with Gasteiger partial charge in [0.05, 0.1) is 6.61 Å². The van der Waals surface area contributed by atoms with Gasteiger partial charge in [-0.15, -0.1) is 0 Å². The summed E-state index contributed by atoms with van der Waals surface area (Å²) in [5, 5.41) is 5.91. The molecule has 0 aliphatic heterocycles. The summed E-state index contributed by atoms with van der Waals surface area (Å²) in [4.78, 5) is 0. The number of nitrogens with zero attached hydrogens (tertiary/aromatic N) is 1. The molecule has 0 radical (unpaired) electrons. The number of rotatable bonds is 25. The van der Waals surface area contributed by atoms with Crippen LogP contribution in [0.1, 0.15) is 118 Å². The molecule has 45 heavy (non-hydrogen) atoms. The van der Waals surface area contributed by atoms with E-state index in [1.807, 2.05) is 26.0 Å². The van der Waals surface area contributed by atoms with Crippen LogP contribution in [0.25, 0.3) is 0 Å². The Hall–Kier alpha value is -2.82. The lowest BCUT2D eigenvalue weighted by molar-refractivity contribution is 0.153. The van der Waals surface area contributed by atoms with E-state index in [2.05, 4.69) is 104 Å². The normalized spacial score (nSPS) is 13.7. The second-order valence-electron chi connectivity index (χ2n) is 11.7. The molecule has 0 amide bonds. The van der Waals surface area contributed by atoms with Crippen LogP contribution in [0.2, 0.25) is 0 Å². The molecule has 252 valence electrons. The SMILES string of the molecule is C=C/C=C\C(=C/C)CC(C(=C)CCCCCCCCCOc1ccc(NCC2=CCCC=C2)cc1)N(CCCCC)NC.CC. The fourth-order valence-corrected chi connectivity index (χ4v) is 5.49. The number of allylic oxidation sites excluding steroid dienone is 6. The van der Waals surface area contributed by atoms with Gasteiger partial charge in [-0.2, -0.15) is 0 Å². The van der Waals surface area contributed by atoms with Crippen LogP contribution in [0, 0.1) is 0 Å². The Morgan fingerprint density at radius 2 is 1.69 bits per heavy atom. The van der Waals surface area contributed by atoms with E-state index in [4.69, 9.17) is 4.74 Å². The Morgan fingerprint density at radius 1 is 0.978 bits per heavy atom. The van der Waals surface area contributed by atoms with E-state index in [1.165, 1.54) is 74.5 Å². The molecule has 2 N–H and O–H groups in total. The third-order valence-corrected chi connectivity index (χ3v) is 8.22. The number of nitrogens with one attached hydrogen (secondary N) is 2. The van der Waals surface area contributed by atoms with E-state index in [-0.39, 0.29) is 0 Å². The van der Waals surface area contributed by atoms with Crippen molar-refractivity contribution in [2.24, 2.45) is 0 Å². The van der Waals surface area contributed by atoms with E-state index in [9.17, 15) is 0 Å². The third-order valence-electron chi connectivity index (χ3n) is 8.22. The van der Waals surface area contributed by atoms with Crippen LogP contribution in [0.3, 0.4) is 0 Å². The molecule has 4 heteroatoms. The van der Waals surface area contributed by atoms with Crippen molar-refractivity contribution in [2.75, 3.05) is 32.1 Å². The van der Waals surface area contributed by atoms with Gasteiger partial charge in [0, 0.05) is 24.8 Å². The quantitative estimate of drug-likeness (QED) is 0.0495. The summed E-state index contributed by atoms with van der Waals surface area (Å²) in [5.74, 6) is 0.960. The van der Waals surface area contributed by atoms with Gasteiger partial charge in [0.2, 0.25) is 0 Å². The average Bonchev–Trinajstić information content (AvgIpc) is 3.09. The predicted molar refractivity (Wildman–Crippen MR) is 201 cm³/mol. The van der Waals surface area contributed by atoms with Crippen molar-refractivity contribution in [1.82, 2.24) is 10.4 Å². The van der Waals surface area contributed by atoms with Gasteiger partial charge < -0.3 is 10.1 Å². The summed E-state index contributed by atoms with van der Waals surface area (Å²) in [7, 11) is 2.05. The van der Waals surface area contributed by atoms with Gasteiger partial charge in [-0.25, -0.2) is 5.01 Å². The summed E-state index contributed by atoms with van der Waals surface area (Å²) < 4.78 is 5.98. The van der Waals surface area contributed by atoms with Crippen LogP contribution in [0.5, 0.6) is 5.75 Å². The monoisotopic (exact) mass is 618 g/mol. The molecule has 1 aliphatic rings. The van der Waals surface area contributed by atoms with Crippen molar-refractivity contribution in [3.63, 3.8) is 0 Å². The maximum atomic E-state index is 5.98. The van der Waals surface area contributed by atoms with E-state index in [0.29, 0.717) is 6.04 Å². The van der Waals surface area contributed by atoms with Gasteiger partial charge in [0.1, 0.15) is 5.75 Å². The van der Waals surface area contributed by atoms with Crippen molar-refractivity contribution in [1.29, 1.82) is 0 Å². The maximum Gasteiger partial charge on any atom is 0.119 e. The van der Waals surface area contributed by atoms with Crippen molar-refractivity contribution >= 4 is 5.69 Å². The Morgan fingerprint density at radius 3 is 2.31 bits per heavy atom. The minimum Gasteiger partial charge on any atom is -0.494 e. The average molecular weight is 618 g/mol. The van der Waals surface area contributed by atoms with E-state index in [1.54, 1.807) is 0 Å². The second-order valence-corrected chi connectivity index (χ2v) is 11.7. The number of unbranched alkanes of at least 4 members (excludes halogenated alkanes) is 8. The van der Waals surface area contributed by atoms with Crippen LogP contribution < -0.4 is 15.5 Å². The number of hydrogen-bond acceptors (Lipinski definition) is 4. The van der Waals surface area contributed by atoms with Crippen LogP contribution >= 0.6 is 0 Å². The van der Waals surface area contributed by atoms with Gasteiger partial charge in [-0.3, -0.25) is 5.43 Å². The molecule has 1 atom stereocenters. The Bertz CT molecular complexity index is 1020. The lowest BCUT2D eigenvalue weighted by atomic mass is 9.94. The van der Waals surface area contributed by atoms with Crippen LogP contribution in [0.4, 0.5) is 5.69 Å². The van der Waals surface area contributed by atoms with E-state index < -0.39 is 0 Å². The zero-order valence-electron chi connectivity index (χ0n) is 29.7. The molecule has 0 saturated heterocycles. The predicted octanol–water partition coefficient (Wildman–Crippen LogP) is 11.5. The molecule has 0 heterocycles. The molecule has 0 fully saturated rings. The molecular weight excluding hydrogens is 550 g/mol. The number of hydrogen-bond donors (Lipinski definition) is 2. The lowest BCUT2D eigenvalue weighted by Crippen LogP contribution is -2.45. The van der Waals surface area contributed by atoms with Gasteiger partial charge >= 0.3 is 0 Å². The van der Waals surface area contributed by atoms with Gasteiger partial charge in [-0.1, -0.05) is 133 Å². The maximum absolute atomic E-state index is 5.98. The number of benzene rings is 1. The molecule has 1 unspecified atom stereocenters. The first-order valence-electron chi connectivity index (χ1n) is 18.0. The van der Waals surface area contributed by atoms with Crippen LogP contribution in [-0.2, 0) is 0 Å². The topological polar surface area (TPSA) is 36.5 Å². The summed E-state index contributed by atoms with van der Waals surface area (Å²) in [5.41, 5.74) is 8.66. The Balaban J connectivity index is 0.00000496. The molecule has 4 nitrogen and oxygen atoms in total. The van der Waals surface area contributed by atoms with E-state index >= 15 is 0 Å². The van der Waals surface area contributed by atoms with Crippen molar-refractivity contribution < 1.29 is 4.74 Å². The largest absolute Gasteiger partial charge is 0.494 e. The zero-order valence-corrected chi connectivity index (χ0v) is 29.7. The molecule has 0 saturated carbocycles. The first kappa shape index (κ1) is 40.2. The minimum absolute atomic E-state index is 0.312. The molecular formula is C41H67N3O. The Kier molecular flexibility index (Phi) is 24.6. The van der Waals surface area contributed by atoms with Crippen molar-refractivity contribution in [3.05, 3.63) is 96.7 Å². The highest BCUT2D eigenvalue weighted by molar-refractivity contribution is 5.48. The van der Waals surface area contributed by atoms with E-state index in [0.717, 1.165) is 63.2 Å². The minimum atomic E-state index is 0.312. The highest BCUT2D eigenvalue weighted by atomic mass is 16.5. The number of anilines is 1. The lowest BCUT2D eigenvalue weighted by Gasteiger charge is -2.33. The fraction of sp³-hybridized carbons (Fsp3) is 0.561. The molecule has 0 spiro atoms. The third kappa shape index (κ3) is 18.7. The highest BCUT2D eigenvalue weighted by Crippen LogP contribution is 2.24. The van der Waals surface area contributed by atoms with Crippen molar-refractivity contribution in [2.45, 2.75) is 124 Å². The molecule has 0 aromatic heterocycles. The molecule has 1 aromatic rings. The summed E-state index contributed by atoms with van der Waals surface area (Å²) in [6.45, 7) is 19.5. The first-order valence-corrected chi connectivity index (χ1v) is 18.0. The van der Waals surface area contributed by atoms with Gasteiger partial charge in [0.25, 0.3) is 0 Å². The Labute approximate surface area is 278 Å². The number of ether oxygens (including phenoxy) is 1. The highest BCUT2D eigenvalue weighted by Gasteiger charge is 2.20. The van der Waals surface area contributed by atoms with Crippen LogP contribution in [0.15, 0.2) is 96.7 Å². The van der Waals surface area contributed by atoms with Gasteiger partial charge in [0.15, 0.2) is 0 Å². The molecule has 1 aliphatic carbocycles. The fourth-order valence-electron chi connectivity index (χ4n) is 5.49.